The van der Waals surface area contributed by atoms with E-state index in [1.807, 2.05) is 38.1 Å². The Morgan fingerprint density at radius 2 is 2.00 bits per heavy atom. The van der Waals surface area contributed by atoms with Crippen molar-refractivity contribution in [2.45, 2.75) is 44.7 Å². The van der Waals surface area contributed by atoms with Gasteiger partial charge in [0.05, 0.1) is 13.0 Å². The van der Waals surface area contributed by atoms with E-state index in [9.17, 15) is 13.2 Å². The molecule has 1 saturated heterocycles. The maximum absolute atomic E-state index is 13.2. The van der Waals surface area contributed by atoms with Gasteiger partial charge < -0.3 is 4.74 Å². The Bertz CT molecular complexity index is 745. The van der Waals surface area contributed by atoms with E-state index in [0.29, 0.717) is 13.1 Å². The fourth-order valence-electron chi connectivity index (χ4n) is 3.74. The number of esters is 1. The van der Waals surface area contributed by atoms with Crippen LogP contribution in [0.25, 0.3) is 0 Å². The van der Waals surface area contributed by atoms with Gasteiger partial charge in [0.25, 0.3) is 10.2 Å². The lowest BCUT2D eigenvalue weighted by atomic mass is 9.91. The molecule has 132 valence electrons. The van der Waals surface area contributed by atoms with Crippen LogP contribution in [0.3, 0.4) is 0 Å². The van der Waals surface area contributed by atoms with Gasteiger partial charge in [-0.25, -0.2) is 0 Å². The number of methoxy groups -OCH3 is 1. The van der Waals surface area contributed by atoms with E-state index in [1.54, 1.807) is 4.31 Å². The van der Waals surface area contributed by atoms with Crippen molar-refractivity contribution in [1.82, 2.24) is 8.61 Å². The third-order valence-electron chi connectivity index (χ3n) is 5.08. The van der Waals surface area contributed by atoms with Crippen LogP contribution < -0.4 is 0 Å². The second-order valence-corrected chi connectivity index (χ2v) is 8.92. The Labute approximate surface area is 143 Å². The largest absolute Gasteiger partial charge is 0.469 e. The molecule has 7 heteroatoms. The molecule has 0 amide bonds. The summed E-state index contributed by atoms with van der Waals surface area (Å²) < 4.78 is 34.2. The number of carbonyl (C=O) groups is 1. The second kappa shape index (κ2) is 6.13. The highest BCUT2D eigenvalue weighted by atomic mass is 32.2. The first-order valence-electron chi connectivity index (χ1n) is 8.21. The summed E-state index contributed by atoms with van der Waals surface area (Å²) in [6, 6.07) is 7.48. The van der Waals surface area contributed by atoms with Crippen molar-refractivity contribution in [3.05, 3.63) is 35.4 Å². The SMILES string of the molecule is COC(=O)C1CN(S(=O)(=O)N2CCCC2(C)C)Cc2ccccc21. The summed E-state index contributed by atoms with van der Waals surface area (Å²) in [4.78, 5) is 12.2. The highest BCUT2D eigenvalue weighted by Gasteiger charge is 2.45. The van der Waals surface area contributed by atoms with Crippen LogP contribution in [0, 0.1) is 0 Å². The van der Waals surface area contributed by atoms with E-state index in [0.717, 1.165) is 24.0 Å². The molecular formula is C17H24N2O4S. The number of fused-ring (bicyclic) bond motifs is 1. The number of carbonyl (C=O) groups excluding carboxylic acids is 1. The smallest absolute Gasteiger partial charge is 0.314 e. The normalized spacial score (nSPS) is 24.5. The molecule has 0 bridgehead atoms. The minimum atomic E-state index is -3.63. The molecule has 0 spiro atoms. The minimum Gasteiger partial charge on any atom is -0.469 e. The molecule has 3 rings (SSSR count). The number of nitrogens with zero attached hydrogens (tertiary/aromatic N) is 2. The van der Waals surface area contributed by atoms with Crippen molar-refractivity contribution in [2.75, 3.05) is 20.2 Å². The molecule has 2 aliphatic rings. The van der Waals surface area contributed by atoms with E-state index >= 15 is 0 Å². The summed E-state index contributed by atoms with van der Waals surface area (Å²) in [7, 11) is -2.29. The van der Waals surface area contributed by atoms with Gasteiger partial charge >= 0.3 is 5.97 Å². The summed E-state index contributed by atoms with van der Waals surface area (Å²) in [6.45, 7) is 4.84. The van der Waals surface area contributed by atoms with Gasteiger partial charge in [-0.15, -0.1) is 0 Å². The highest BCUT2D eigenvalue weighted by Crippen LogP contribution is 2.36. The Balaban J connectivity index is 1.97. The fraction of sp³-hybridized carbons (Fsp3) is 0.588. The number of hydrogen-bond donors (Lipinski definition) is 0. The maximum atomic E-state index is 13.2. The first-order valence-corrected chi connectivity index (χ1v) is 9.60. The van der Waals surface area contributed by atoms with Crippen LogP contribution in [0.5, 0.6) is 0 Å². The molecular weight excluding hydrogens is 328 g/mol. The lowest BCUT2D eigenvalue weighted by Gasteiger charge is -2.38. The zero-order chi connectivity index (χ0) is 17.5. The van der Waals surface area contributed by atoms with Crippen molar-refractivity contribution in [3.8, 4) is 0 Å². The van der Waals surface area contributed by atoms with Gasteiger partial charge in [-0.3, -0.25) is 4.79 Å². The van der Waals surface area contributed by atoms with Crippen molar-refractivity contribution in [3.63, 3.8) is 0 Å². The third-order valence-corrected chi connectivity index (χ3v) is 7.24. The molecule has 0 aromatic heterocycles. The van der Waals surface area contributed by atoms with Crippen LogP contribution in [0.15, 0.2) is 24.3 Å². The predicted molar refractivity (Wildman–Crippen MR) is 90.5 cm³/mol. The van der Waals surface area contributed by atoms with Crippen LogP contribution in [0.1, 0.15) is 43.7 Å². The van der Waals surface area contributed by atoms with Gasteiger partial charge in [0, 0.05) is 25.2 Å². The molecule has 0 N–H and O–H groups in total. The standard InChI is InChI=1S/C17H24N2O4S/c1-17(2)9-6-10-19(17)24(21,22)18-11-13-7-4-5-8-14(13)15(12-18)16(20)23-3/h4-5,7-8,15H,6,9-12H2,1-3H3. The molecule has 1 aromatic rings. The van der Waals surface area contributed by atoms with Crippen molar-refractivity contribution >= 4 is 16.2 Å². The average Bonchev–Trinajstić information content (AvgIpc) is 2.93. The summed E-state index contributed by atoms with van der Waals surface area (Å²) in [5.41, 5.74) is 1.33. The number of benzene rings is 1. The van der Waals surface area contributed by atoms with Gasteiger partial charge in [0.15, 0.2) is 0 Å². The Kier molecular flexibility index (Phi) is 4.44. The first-order chi connectivity index (χ1) is 11.3. The van der Waals surface area contributed by atoms with Gasteiger partial charge in [-0.2, -0.15) is 17.0 Å². The summed E-state index contributed by atoms with van der Waals surface area (Å²) in [6.07, 6.45) is 1.70. The Morgan fingerprint density at radius 1 is 1.29 bits per heavy atom. The van der Waals surface area contributed by atoms with Gasteiger partial charge in [0.1, 0.15) is 0 Å². The van der Waals surface area contributed by atoms with E-state index in [-0.39, 0.29) is 6.54 Å². The minimum absolute atomic E-state index is 0.124. The molecule has 0 aliphatic carbocycles. The van der Waals surface area contributed by atoms with Crippen LogP contribution in [0.4, 0.5) is 0 Å². The molecule has 1 atom stereocenters. The van der Waals surface area contributed by atoms with Crippen molar-refractivity contribution < 1.29 is 17.9 Å². The number of rotatable bonds is 3. The molecule has 6 nitrogen and oxygen atoms in total. The zero-order valence-corrected chi connectivity index (χ0v) is 15.2. The van der Waals surface area contributed by atoms with Crippen LogP contribution in [-0.4, -0.2) is 48.7 Å². The number of ether oxygens (including phenoxy) is 1. The van der Waals surface area contributed by atoms with E-state index in [2.05, 4.69) is 0 Å². The van der Waals surface area contributed by atoms with Crippen LogP contribution in [-0.2, 0) is 26.3 Å². The number of hydrogen-bond acceptors (Lipinski definition) is 4. The van der Waals surface area contributed by atoms with Crippen LogP contribution >= 0.6 is 0 Å². The summed E-state index contributed by atoms with van der Waals surface area (Å²) >= 11 is 0. The molecule has 24 heavy (non-hydrogen) atoms. The second-order valence-electron chi connectivity index (χ2n) is 7.06. The monoisotopic (exact) mass is 352 g/mol. The average molecular weight is 352 g/mol. The maximum Gasteiger partial charge on any atom is 0.314 e. The molecule has 1 aromatic carbocycles. The molecule has 0 radical (unpaired) electrons. The molecule has 0 saturated carbocycles. The zero-order valence-electron chi connectivity index (χ0n) is 14.4. The van der Waals surface area contributed by atoms with Crippen LogP contribution in [0.2, 0.25) is 0 Å². The molecule has 1 fully saturated rings. The van der Waals surface area contributed by atoms with E-state index in [4.69, 9.17) is 4.74 Å². The molecule has 2 aliphatic heterocycles. The van der Waals surface area contributed by atoms with Gasteiger partial charge in [-0.1, -0.05) is 24.3 Å². The predicted octanol–water partition coefficient (Wildman–Crippen LogP) is 1.88. The lowest BCUT2D eigenvalue weighted by Crippen LogP contribution is -2.52. The fourth-order valence-corrected chi connectivity index (χ4v) is 5.74. The Hall–Kier alpha value is -1.44. The van der Waals surface area contributed by atoms with Crippen molar-refractivity contribution in [2.24, 2.45) is 0 Å². The van der Waals surface area contributed by atoms with Gasteiger partial charge in [-0.05, 0) is 37.8 Å². The molecule has 2 heterocycles. The van der Waals surface area contributed by atoms with E-state index < -0.39 is 27.6 Å². The quantitative estimate of drug-likeness (QED) is 0.779. The summed E-state index contributed by atoms with van der Waals surface area (Å²) in [5, 5.41) is 0. The Morgan fingerprint density at radius 3 is 2.62 bits per heavy atom. The highest BCUT2D eigenvalue weighted by molar-refractivity contribution is 7.86. The van der Waals surface area contributed by atoms with Gasteiger partial charge in [0.2, 0.25) is 0 Å². The lowest BCUT2D eigenvalue weighted by molar-refractivity contribution is -0.142. The van der Waals surface area contributed by atoms with Crippen molar-refractivity contribution in [1.29, 1.82) is 0 Å². The molecule has 1 unspecified atom stereocenters. The third kappa shape index (κ3) is 2.85. The summed E-state index contributed by atoms with van der Waals surface area (Å²) in [5.74, 6) is -0.983. The topological polar surface area (TPSA) is 66.9 Å². The van der Waals surface area contributed by atoms with E-state index in [1.165, 1.54) is 11.4 Å². The first kappa shape index (κ1) is 17.4.